The molecule has 11 nitrogen and oxygen atoms in total. The number of benzene rings is 1. The summed E-state index contributed by atoms with van der Waals surface area (Å²) in [4.78, 5) is 20.6. The van der Waals surface area contributed by atoms with Crippen LogP contribution in [0.4, 0.5) is 21.8 Å². The first-order valence-electron chi connectivity index (χ1n) is 10.8. The van der Waals surface area contributed by atoms with Gasteiger partial charge in [0.2, 0.25) is 5.95 Å². The van der Waals surface area contributed by atoms with Gasteiger partial charge in [-0.15, -0.1) is 0 Å². The fourth-order valence-electron chi connectivity index (χ4n) is 4.62. The minimum Gasteiger partial charge on any atom is -0.365 e. The number of aryl methyl sites for hydroxylation is 1. The monoisotopic (exact) mass is 466 g/mol. The van der Waals surface area contributed by atoms with E-state index < -0.39 is 11.5 Å². The Kier molecular flexibility index (Phi) is 5.82. The van der Waals surface area contributed by atoms with E-state index in [-0.39, 0.29) is 34.4 Å². The van der Waals surface area contributed by atoms with Crippen molar-refractivity contribution in [1.82, 2.24) is 35.1 Å². The molecule has 0 spiro atoms. The van der Waals surface area contributed by atoms with Gasteiger partial charge in [0.05, 0.1) is 23.5 Å². The molecule has 0 amide bonds. The molecule has 0 radical (unpaired) electrons. The lowest BCUT2D eigenvalue weighted by Crippen LogP contribution is -2.60. The third kappa shape index (κ3) is 5.04. The summed E-state index contributed by atoms with van der Waals surface area (Å²) in [6.45, 7) is 8.48. The van der Waals surface area contributed by atoms with Crippen molar-refractivity contribution < 1.29 is 4.39 Å². The molecule has 0 saturated carbocycles. The number of tetrazole rings is 1. The van der Waals surface area contributed by atoms with Crippen molar-refractivity contribution in [2.75, 3.05) is 10.6 Å². The van der Waals surface area contributed by atoms with E-state index in [4.69, 9.17) is 0 Å². The number of piperidine rings is 1. The fourth-order valence-corrected chi connectivity index (χ4v) is 4.62. The highest BCUT2D eigenvalue weighted by Gasteiger charge is 2.38. The molecule has 3 aromatic rings. The molecule has 1 aliphatic rings. The molecular weight excluding hydrogens is 439 g/mol. The van der Waals surface area contributed by atoms with Gasteiger partial charge in [-0.25, -0.2) is 14.2 Å². The molecule has 1 saturated heterocycles. The van der Waals surface area contributed by atoms with Gasteiger partial charge >= 0.3 is 5.69 Å². The standard InChI is InChI=1S/C22H27FN10O/c1-21(2)9-15(10-22(3,4)29-21)26-18-17(23)12-25-19(28-18)27-14-6-13(11-24)7-16(8-14)33-20(34)32(5)30-31-33/h6-8,12,15,29H,9-10H2,1-5H3,(H2,25,26,27,28). The van der Waals surface area contributed by atoms with Crippen molar-refractivity contribution in [1.29, 1.82) is 5.26 Å². The van der Waals surface area contributed by atoms with Crippen molar-refractivity contribution in [3.8, 4) is 11.8 Å². The lowest BCUT2D eigenvalue weighted by Gasteiger charge is -2.46. The Labute approximate surface area is 196 Å². The first kappa shape index (κ1) is 23.3. The zero-order chi connectivity index (χ0) is 24.7. The topological polar surface area (TPSA) is 138 Å². The van der Waals surface area contributed by atoms with Gasteiger partial charge < -0.3 is 16.0 Å². The SMILES string of the molecule is Cn1nnn(-c2cc(C#N)cc(Nc3ncc(F)c(NC4CC(C)(C)NC(C)(C)C4)n3)c2)c1=O. The molecule has 0 bridgehead atoms. The van der Waals surface area contributed by atoms with Crippen LogP contribution < -0.4 is 21.6 Å². The molecule has 0 aliphatic carbocycles. The van der Waals surface area contributed by atoms with Crippen molar-refractivity contribution >= 4 is 17.5 Å². The van der Waals surface area contributed by atoms with Crippen molar-refractivity contribution in [2.45, 2.75) is 57.7 Å². The average molecular weight is 467 g/mol. The fraction of sp³-hybridized carbons (Fsp3) is 0.455. The summed E-state index contributed by atoms with van der Waals surface area (Å²) >= 11 is 0. The highest BCUT2D eigenvalue weighted by atomic mass is 19.1. The van der Waals surface area contributed by atoms with Crippen LogP contribution in [0.5, 0.6) is 0 Å². The van der Waals surface area contributed by atoms with Crippen LogP contribution in [0.2, 0.25) is 0 Å². The van der Waals surface area contributed by atoms with E-state index in [9.17, 15) is 14.4 Å². The second-order valence-corrected chi connectivity index (χ2v) is 9.83. The molecule has 12 heteroatoms. The number of hydrogen-bond donors (Lipinski definition) is 3. The highest BCUT2D eigenvalue weighted by molar-refractivity contribution is 5.62. The number of anilines is 3. The van der Waals surface area contributed by atoms with Gasteiger partial charge in [0, 0.05) is 29.9 Å². The number of halogens is 1. The van der Waals surface area contributed by atoms with E-state index in [2.05, 4.69) is 70.1 Å². The number of nitriles is 1. The van der Waals surface area contributed by atoms with Gasteiger partial charge in [-0.05, 0) is 69.2 Å². The number of nitrogens with one attached hydrogen (secondary N) is 3. The molecule has 3 N–H and O–H groups in total. The Morgan fingerprint density at radius 1 is 1.18 bits per heavy atom. The molecule has 2 aromatic heterocycles. The Hall–Kier alpha value is -3.85. The van der Waals surface area contributed by atoms with E-state index in [1.54, 1.807) is 12.1 Å². The van der Waals surface area contributed by atoms with Gasteiger partial charge in [-0.3, -0.25) is 0 Å². The van der Waals surface area contributed by atoms with Crippen LogP contribution in [0.1, 0.15) is 46.1 Å². The molecular formula is C22H27FN10O. The van der Waals surface area contributed by atoms with Crippen molar-refractivity contribution in [2.24, 2.45) is 7.05 Å². The van der Waals surface area contributed by atoms with Gasteiger partial charge in [0.25, 0.3) is 0 Å². The number of hydrogen-bond acceptors (Lipinski definition) is 9. The maximum absolute atomic E-state index is 14.6. The Morgan fingerprint density at radius 3 is 2.50 bits per heavy atom. The predicted molar refractivity (Wildman–Crippen MR) is 125 cm³/mol. The molecule has 0 atom stereocenters. The van der Waals surface area contributed by atoms with E-state index in [0.29, 0.717) is 11.4 Å². The second-order valence-electron chi connectivity index (χ2n) is 9.83. The van der Waals surface area contributed by atoms with Gasteiger partial charge in [-0.1, -0.05) is 0 Å². The number of rotatable bonds is 5. The molecule has 34 heavy (non-hydrogen) atoms. The molecule has 4 rings (SSSR count). The predicted octanol–water partition coefficient (Wildman–Crippen LogP) is 2.23. The average Bonchev–Trinajstić information content (AvgIpc) is 3.06. The summed E-state index contributed by atoms with van der Waals surface area (Å²) in [5.41, 5.74) is 0.385. The zero-order valence-electron chi connectivity index (χ0n) is 19.7. The van der Waals surface area contributed by atoms with Gasteiger partial charge in [0.15, 0.2) is 11.6 Å². The van der Waals surface area contributed by atoms with E-state index in [0.717, 1.165) is 28.4 Å². The van der Waals surface area contributed by atoms with Crippen molar-refractivity contribution in [3.63, 3.8) is 0 Å². The Bertz CT molecular complexity index is 1300. The summed E-state index contributed by atoms with van der Waals surface area (Å²) in [6.07, 6.45) is 2.68. The Morgan fingerprint density at radius 2 is 1.88 bits per heavy atom. The van der Waals surface area contributed by atoms with Crippen LogP contribution in [0.25, 0.3) is 5.69 Å². The molecule has 1 fully saturated rings. The smallest absolute Gasteiger partial charge is 0.365 e. The summed E-state index contributed by atoms with van der Waals surface area (Å²) < 4.78 is 16.7. The minimum absolute atomic E-state index is 0.0144. The molecule has 1 aromatic carbocycles. The first-order chi connectivity index (χ1) is 15.9. The zero-order valence-corrected chi connectivity index (χ0v) is 19.7. The van der Waals surface area contributed by atoms with Crippen LogP contribution in [0.3, 0.4) is 0 Å². The van der Waals surface area contributed by atoms with E-state index >= 15 is 0 Å². The lowest BCUT2D eigenvalue weighted by molar-refractivity contribution is 0.170. The second kappa shape index (κ2) is 8.49. The van der Waals surface area contributed by atoms with Crippen LogP contribution in [0.15, 0.2) is 29.2 Å². The van der Waals surface area contributed by atoms with Gasteiger partial charge in [0.1, 0.15) is 0 Å². The molecule has 1 aliphatic heterocycles. The summed E-state index contributed by atoms with van der Waals surface area (Å²) in [7, 11) is 1.48. The summed E-state index contributed by atoms with van der Waals surface area (Å²) in [5, 5.41) is 26.7. The molecule has 178 valence electrons. The number of nitrogens with zero attached hydrogens (tertiary/aromatic N) is 7. The molecule has 3 heterocycles. The minimum atomic E-state index is -0.558. The quantitative estimate of drug-likeness (QED) is 0.517. The normalized spacial score (nSPS) is 17.2. The molecule has 0 unspecified atom stereocenters. The number of aromatic nitrogens is 6. The van der Waals surface area contributed by atoms with E-state index in [1.807, 2.05) is 0 Å². The first-order valence-corrected chi connectivity index (χ1v) is 10.8. The largest absolute Gasteiger partial charge is 0.368 e. The van der Waals surface area contributed by atoms with Gasteiger partial charge in [-0.2, -0.15) is 19.6 Å². The van der Waals surface area contributed by atoms with Crippen LogP contribution >= 0.6 is 0 Å². The van der Waals surface area contributed by atoms with Crippen molar-refractivity contribution in [3.05, 3.63) is 46.3 Å². The maximum atomic E-state index is 14.6. The van der Waals surface area contributed by atoms with Crippen LogP contribution in [-0.4, -0.2) is 46.9 Å². The summed E-state index contributed by atoms with van der Waals surface area (Å²) in [5.74, 6) is -0.320. The maximum Gasteiger partial charge on any atom is 0.368 e. The third-order valence-electron chi connectivity index (χ3n) is 5.54. The highest BCUT2D eigenvalue weighted by Crippen LogP contribution is 2.31. The third-order valence-corrected chi connectivity index (χ3v) is 5.54. The summed E-state index contributed by atoms with van der Waals surface area (Å²) in [6, 6.07) is 6.76. The van der Waals surface area contributed by atoms with Crippen LogP contribution in [-0.2, 0) is 7.05 Å². The van der Waals surface area contributed by atoms with E-state index in [1.165, 1.54) is 13.1 Å². The van der Waals surface area contributed by atoms with Crippen LogP contribution in [0, 0.1) is 17.1 Å². The lowest BCUT2D eigenvalue weighted by atomic mass is 9.79. The Balaban J connectivity index is 1.60.